The number of fused-ring (bicyclic) bond motifs is 1. The van der Waals surface area contributed by atoms with E-state index in [-0.39, 0.29) is 6.03 Å². The van der Waals surface area contributed by atoms with Gasteiger partial charge in [-0.25, -0.2) is 4.79 Å². The molecule has 2 amide bonds. The highest BCUT2D eigenvalue weighted by Crippen LogP contribution is 2.29. The number of nitrogens with one attached hydrogen (secondary N) is 5. The van der Waals surface area contributed by atoms with Gasteiger partial charge >= 0.3 is 6.03 Å². The van der Waals surface area contributed by atoms with Crippen molar-refractivity contribution >= 4 is 45.4 Å². The van der Waals surface area contributed by atoms with Crippen LogP contribution in [0.4, 0.5) is 33.2 Å². The Kier molecular flexibility index (Phi) is 5.57. The topological polar surface area (TPSA) is 114 Å². The number of nitrogens with zero attached hydrogens (tertiary/aromatic N) is 3. The van der Waals surface area contributed by atoms with E-state index in [4.69, 9.17) is 0 Å². The van der Waals surface area contributed by atoms with Gasteiger partial charge in [0.05, 0.1) is 11.7 Å². The van der Waals surface area contributed by atoms with Gasteiger partial charge < -0.3 is 20.9 Å². The van der Waals surface area contributed by atoms with Crippen LogP contribution in [0.25, 0.3) is 22.2 Å². The lowest BCUT2D eigenvalue weighted by Gasteiger charge is -2.14. The van der Waals surface area contributed by atoms with Gasteiger partial charge in [0.2, 0.25) is 0 Å². The molecule has 0 saturated carbocycles. The number of benzene rings is 3. The molecule has 0 atom stereocenters. The SMILES string of the molecule is CN(C)c1cccc(NC(=O)Nc2cccc(Nc3ccc4c(-c5cn[nH]c5)n[nH]c4c3)c2)c1. The van der Waals surface area contributed by atoms with Gasteiger partial charge in [-0.05, 0) is 54.6 Å². The van der Waals surface area contributed by atoms with Gasteiger partial charge in [0, 0.05) is 59.7 Å². The first-order chi connectivity index (χ1) is 16.5. The maximum absolute atomic E-state index is 12.5. The number of hydrogen-bond donors (Lipinski definition) is 5. The van der Waals surface area contributed by atoms with E-state index >= 15 is 0 Å². The Morgan fingerprint density at radius 3 is 2.38 bits per heavy atom. The molecule has 0 aliphatic heterocycles. The second-order valence-corrected chi connectivity index (χ2v) is 8.05. The van der Waals surface area contributed by atoms with Gasteiger partial charge in [-0.2, -0.15) is 10.2 Å². The van der Waals surface area contributed by atoms with Crippen molar-refractivity contribution in [2.45, 2.75) is 0 Å². The molecular formula is C25H24N8O. The summed E-state index contributed by atoms with van der Waals surface area (Å²) in [5.74, 6) is 0. The van der Waals surface area contributed by atoms with E-state index < -0.39 is 0 Å². The summed E-state index contributed by atoms with van der Waals surface area (Å²) in [6.45, 7) is 0. The van der Waals surface area contributed by atoms with Crippen molar-refractivity contribution in [2.75, 3.05) is 34.9 Å². The number of anilines is 5. The average molecular weight is 453 g/mol. The summed E-state index contributed by atoms with van der Waals surface area (Å²) in [7, 11) is 3.92. The zero-order chi connectivity index (χ0) is 23.5. The van der Waals surface area contributed by atoms with Crippen molar-refractivity contribution in [1.82, 2.24) is 20.4 Å². The van der Waals surface area contributed by atoms with Crippen molar-refractivity contribution in [1.29, 1.82) is 0 Å². The van der Waals surface area contributed by atoms with Crippen molar-refractivity contribution < 1.29 is 4.79 Å². The van der Waals surface area contributed by atoms with Crippen LogP contribution in [0.2, 0.25) is 0 Å². The Balaban J connectivity index is 1.27. The van der Waals surface area contributed by atoms with Crippen LogP contribution < -0.4 is 20.9 Å². The normalized spacial score (nSPS) is 10.8. The number of urea groups is 1. The molecule has 170 valence electrons. The van der Waals surface area contributed by atoms with E-state index in [0.717, 1.165) is 44.9 Å². The Morgan fingerprint density at radius 1 is 0.882 bits per heavy atom. The number of aromatic amines is 2. The molecule has 34 heavy (non-hydrogen) atoms. The van der Waals surface area contributed by atoms with Gasteiger partial charge in [0.25, 0.3) is 0 Å². The molecule has 0 bridgehead atoms. The molecule has 0 unspecified atom stereocenters. The van der Waals surface area contributed by atoms with Crippen LogP contribution in [0.3, 0.4) is 0 Å². The molecule has 5 rings (SSSR count). The van der Waals surface area contributed by atoms with Crippen LogP contribution in [-0.4, -0.2) is 40.5 Å². The molecule has 0 radical (unpaired) electrons. The van der Waals surface area contributed by atoms with Crippen molar-refractivity contribution in [2.24, 2.45) is 0 Å². The molecular weight excluding hydrogens is 428 g/mol. The Hall–Kier alpha value is -4.79. The molecule has 9 nitrogen and oxygen atoms in total. The van der Waals surface area contributed by atoms with Crippen LogP contribution in [0.1, 0.15) is 0 Å². The molecule has 0 aliphatic carbocycles. The lowest BCUT2D eigenvalue weighted by atomic mass is 10.1. The third-order valence-electron chi connectivity index (χ3n) is 5.36. The van der Waals surface area contributed by atoms with Crippen LogP contribution in [0, 0.1) is 0 Å². The summed E-state index contributed by atoms with van der Waals surface area (Å²) >= 11 is 0. The van der Waals surface area contributed by atoms with Crippen molar-refractivity contribution in [3.05, 3.63) is 79.1 Å². The standard InChI is InChI=1S/C25H24N8O/c1-33(2)21-8-4-7-19(12-21)30-25(34)29-18-6-3-5-17(11-18)28-20-9-10-22-23(13-20)31-32-24(22)16-14-26-27-15-16/h3-15,28H,1-2H3,(H,26,27)(H,31,32)(H2,29,30,34). The second kappa shape index (κ2) is 8.99. The number of hydrogen-bond acceptors (Lipinski definition) is 5. The molecule has 5 aromatic rings. The minimum absolute atomic E-state index is 0.307. The number of H-pyrrole nitrogens is 2. The van der Waals surface area contributed by atoms with E-state index in [2.05, 4.69) is 36.3 Å². The second-order valence-electron chi connectivity index (χ2n) is 8.05. The quantitative estimate of drug-likeness (QED) is 0.236. The predicted octanol–water partition coefficient (Wildman–Crippen LogP) is 5.41. The number of carbonyl (C=O) groups excluding carboxylic acids is 1. The maximum atomic E-state index is 12.5. The van der Waals surface area contributed by atoms with E-state index in [0.29, 0.717) is 5.69 Å². The highest BCUT2D eigenvalue weighted by molar-refractivity contribution is 6.00. The minimum atomic E-state index is -0.307. The molecule has 5 N–H and O–H groups in total. The summed E-state index contributed by atoms with van der Waals surface area (Å²) in [6.07, 6.45) is 3.56. The van der Waals surface area contributed by atoms with Gasteiger partial charge in [-0.3, -0.25) is 10.2 Å². The van der Waals surface area contributed by atoms with E-state index in [9.17, 15) is 4.79 Å². The molecule has 0 fully saturated rings. The fraction of sp³-hybridized carbons (Fsp3) is 0.0800. The maximum Gasteiger partial charge on any atom is 0.323 e. The molecule has 0 saturated heterocycles. The number of aromatic nitrogens is 4. The zero-order valence-electron chi connectivity index (χ0n) is 18.8. The first-order valence-corrected chi connectivity index (χ1v) is 10.7. The summed E-state index contributed by atoms with van der Waals surface area (Å²) < 4.78 is 0. The first-order valence-electron chi connectivity index (χ1n) is 10.7. The van der Waals surface area contributed by atoms with Crippen LogP contribution in [-0.2, 0) is 0 Å². The van der Waals surface area contributed by atoms with Gasteiger partial charge in [-0.1, -0.05) is 12.1 Å². The number of rotatable bonds is 6. The highest BCUT2D eigenvalue weighted by Gasteiger charge is 2.10. The van der Waals surface area contributed by atoms with Crippen LogP contribution in [0.5, 0.6) is 0 Å². The molecule has 2 heterocycles. The number of carbonyl (C=O) groups is 1. The highest BCUT2D eigenvalue weighted by atomic mass is 16.2. The monoisotopic (exact) mass is 452 g/mol. The third kappa shape index (κ3) is 4.53. The fourth-order valence-corrected chi connectivity index (χ4v) is 3.69. The molecule has 2 aromatic heterocycles. The first kappa shape index (κ1) is 21.1. The minimum Gasteiger partial charge on any atom is -0.378 e. The molecule has 0 spiro atoms. The zero-order valence-corrected chi connectivity index (χ0v) is 18.8. The lowest BCUT2D eigenvalue weighted by Crippen LogP contribution is -2.19. The van der Waals surface area contributed by atoms with E-state index in [1.54, 1.807) is 6.20 Å². The Bertz CT molecular complexity index is 1440. The Morgan fingerprint density at radius 2 is 1.62 bits per heavy atom. The smallest absolute Gasteiger partial charge is 0.323 e. The summed E-state index contributed by atoms with van der Waals surface area (Å²) in [4.78, 5) is 14.5. The largest absolute Gasteiger partial charge is 0.378 e. The molecule has 9 heteroatoms. The number of amides is 2. The molecule has 0 aliphatic rings. The fourth-order valence-electron chi connectivity index (χ4n) is 3.69. The predicted molar refractivity (Wildman–Crippen MR) is 137 cm³/mol. The summed E-state index contributed by atoms with van der Waals surface area (Å²) in [6, 6.07) is 20.9. The van der Waals surface area contributed by atoms with Gasteiger partial charge in [0.15, 0.2) is 0 Å². The molecule has 3 aromatic carbocycles. The van der Waals surface area contributed by atoms with Gasteiger partial charge in [-0.15, -0.1) is 0 Å². The summed E-state index contributed by atoms with van der Waals surface area (Å²) in [5, 5.41) is 24.4. The van der Waals surface area contributed by atoms with Crippen molar-refractivity contribution in [3.63, 3.8) is 0 Å². The van der Waals surface area contributed by atoms with E-state index in [1.807, 2.05) is 91.9 Å². The van der Waals surface area contributed by atoms with Crippen LogP contribution >= 0.6 is 0 Å². The lowest BCUT2D eigenvalue weighted by molar-refractivity contribution is 0.262. The van der Waals surface area contributed by atoms with Crippen LogP contribution in [0.15, 0.2) is 79.1 Å². The Labute approximate surface area is 196 Å². The van der Waals surface area contributed by atoms with Crippen molar-refractivity contribution in [3.8, 4) is 11.3 Å². The summed E-state index contributed by atoms with van der Waals surface area (Å²) in [5.41, 5.74) is 6.85. The third-order valence-corrected chi connectivity index (χ3v) is 5.36. The average Bonchev–Trinajstić information content (AvgIpc) is 3.49. The van der Waals surface area contributed by atoms with Gasteiger partial charge in [0.1, 0.15) is 5.69 Å². The van der Waals surface area contributed by atoms with E-state index in [1.165, 1.54) is 0 Å².